The van der Waals surface area contributed by atoms with Crippen LogP contribution in [-0.2, 0) is 4.79 Å². The summed E-state index contributed by atoms with van der Waals surface area (Å²) >= 11 is 1.81. The molecule has 1 aliphatic rings. The highest BCUT2D eigenvalue weighted by atomic mass is 32.2. The summed E-state index contributed by atoms with van der Waals surface area (Å²) < 4.78 is 5.50. The number of carbonyl (C=O) groups excluding carboxylic acids is 1. The van der Waals surface area contributed by atoms with Crippen molar-refractivity contribution in [2.45, 2.75) is 19.4 Å². The van der Waals surface area contributed by atoms with Crippen LogP contribution in [0.25, 0.3) is 0 Å². The first-order valence-corrected chi connectivity index (χ1v) is 7.80. The molecule has 1 atom stereocenters. The lowest BCUT2D eigenvalue weighted by Gasteiger charge is -2.22. The van der Waals surface area contributed by atoms with E-state index in [1.165, 1.54) is 0 Å². The molecule has 1 aliphatic heterocycles. The summed E-state index contributed by atoms with van der Waals surface area (Å²) in [5.41, 5.74) is 0.811. The molecule has 1 heterocycles. The van der Waals surface area contributed by atoms with Gasteiger partial charge in [0.25, 0.3) is 0 Å². The van der Waals surface area contributed by atoms with Crippen LogP contribution in [0.15, 0.2) is 24.3 Å². The number of thioether (sulfide) groups is 1. The third-order valence-corrected chi connectivity index (χ3v) is 3.89. The second kappa shape index (κ2) is 7.40. The Balaban J connectivity index is 1.86. The molecule has 0 spiro atoms. The highest BCUT2D eigenvalue weighted by molar-refractivity contribution is 7.99. The molecule has 2 N–H and O–H groups in total. The minimum absolute atomic E-state index is 0.0365. The molecule has 0 bridgehead atoms. The summed E-state index contributed by atoms with van der Waals surface area (Å²) in [6.45, 7) is 3.69. The molecule has 1 amide bonds. The number of carbonyl (C=O) groups is 1. The molecule has 0 aromatic heterocycles. The summed E-state index contributed by atoms with van der Waals surface area (Å²) in [4.78, 5) is 12.0. The lowest BCUT2D eigenvalue weighted by atomic mass is 10.2. The third-order valence-electron chi connectivity index (χ3n) is 2.83. The molecule has 1 aromatic carbocycles. The summed E-state index contributed by atoms with van der Waals surface area (Å²) in [7, 11) is 0. The summed E-state index contributed by atoms with van der Waals surface area (Å²) in [5, 5.41) is 6.15. The van der Waals surface area contributed by atoms with Crippen molar-refractivity contribution in [2.75, 3.05) is 30.0 Å². The van der Waals surface area contributed by atoms with Crippen LogP contribution in [0.2, 0.25) is 0 Å². The molecule has 2 rings (SSSR count). The molecule has 19 heavy (non-hydrogen) atoms. The Bertz CT molecular complexity index is 402. The number of nitrogens with one attached hydrogen (secondary N) is 2. The van der Waals surface area contributed by atoms with Crippen molar-refractivity contribution in [2.24, 2.45) is 0 Å². The maximum Gasteiger partial charge on any atom is 0.242 e. The second-order valence-corrected chi connectivity index (χ2v) is 5.59. The van der Waals surface area contributed by atoms with Crippen LogP contribution in [-0.4, -0.2) is 36.6 Å². The van der Waals surface area contributed by atoms with Crippen LogP contribution in [0.5, 0.6) is 5.75 Å². The van der Waals surface area contributed by atoms with Gasteiger partial charge in [0.05, 0.1) is 12.6 Å². The van der Waals surface area contributed by atoms with Gasteiger partial charge in [0.2, 0.25) is 5.91 Å². The van der Waals surface area contributed by atoms with Gasteiger partial charge in [0.15, 0.2) is 0 Å². The Morgan fingerprint density at radius 3 is 2.89 bits per heavy atom. The van der Waals surface area contributed by atoms with E-state index in [1.807, 2.05) is 36.0 Å². The summed E-state index contributed by atoms with van der Waals surface area (Å²) in [5.74, 6) is 2.79. The molecule has 1 aromatic rings. The molecular formula is C14H20N2O2S. The van der Waals surface area contributed by atoms with Gasteiger partial charge in [-0.2, -0.15) is 11.8 Å². The summed E-state index contributed by atoms with van der Waals surface area (Å²) in [6, 6.07) is 7.43. The quantitative estimate of drug-likeness (QED) is 0.867. The van der Waals surface area contributed by atoms with Gasteiger partial charge < -0.3 is 15.4 Å². The Morgan fingerprint density at radius 2 is 2.26 bits per heavy atom. The molecule has 0 saturated carbocycles. The smallest absolute Gasteiger partial charge is 0.242 e. The van der Waals surface area contributed by atoms with Crippen LogP contribution < -0.4 is 15.4 Å². The Hall–Kier alpha value is -1.20. The maximum atomic E-state index is 12.0. The SMILES string of the molecule is CCCOc1ccc(NC(=O)C2CSCCN2)cc1. The van der Waals surface area contributed by atoms with Gasteiger partial charge in [-0.15, -0.1) is 0 Å². The van der Waals surface area contributed by atoms with Crippen LogP contribution >= 0.6 is 11.8 Å². The largest absolute Gasteiger partial charge is 0.494 e. The third kappa shape index (κ3) is 4.44. The average Bonchev–Trinajstić information content (AvgIpc) is 2.47. The predicted molar refractivity (Wildman–Crippen MR) is 80.0 cm³/mol. The second-order valence-electron chi connectivity index (χ2n) is 4.44. The minimum atomic E-state index is -0.0882. The first-order valence-electron chi connectivity index (χ1n) is 6.64. The number of hydrogen-bond acceptors (Lipinski definition) is 4. The average molecular weight is 280 g/mol. The lowest BCUT2D eigenvalue weighted by molar-refractivity contribution is -0.117. The van der Waals surface area contributed by atoms with E-state index in [-0.39, 0.29) is 11.9 Å². The van der Waals surface area contributed by atoms with Gasteiger partial charge >= 0.3 is 0 Å². The zero-order valence-electron chi connectivity index (χ0n) is 11.1. The van der Waals surface area contributed by atoms with Gasteiger partial charge in [0, 0.05) is 23.7 Å². The zero-order valence-corrected chi connectivity index (χ0v) is 12.0. The van der Waals surface area contributed by atoms with E-state index in [2.05, 4.69) is 17.6 Å². The van der Waals surface area contributed by atoms with Crippen molar-refractivity contribution in [1.29, 1.82) is 0 Å². The molecular weight excluding hydrogens is 260 g/mol. The van der Waals surface area contributed by atoms with E-state index in [9.17, 15) is 4.79 Å². The van der Waals surface area contributed by atoms with Crippen LogP contribution in [0.3, 0.4) is 0 Å². The molecule has 0 aliphatic carbocycles. The molecule has 104 valence electrons. The van der Waals surface area contributed by atoms with Crippen molar-refractivity contribution >= 4 is 23.4 Å². The topological polar surface area (TPSA) is 50.4 Å². The fourth-order valence-corrected chi connectivity index (χ4v) is 2.75. The molecule has 1 saturated heterocycles. The number of hydrogen-bond donors (Lipinski definition) is 2. The normalized spacial score (nSPS) is 18.9. The standard InChI is InChI=1S/C14H20N2O2S/c1-2-8-18-12-5-3-11(4-6-12)16-14(17)13-10-19-9-7-15-13/h3-6,13,15H,2,7-10H2,1H3,(H,16,17). The van der Waals surface area contributed by atoms with Crippen molar-refractivity contribution in [3.8, 4) is 5.75 Å². The van der Waals surface area contributed by atoms with E-state index in [1.54, 1.807) is 0 Å². The molecule has 0 radical (unpaired) electrons. The van der Waals surface area contributed by atoms with Crippen molar-refractivity contribution in [1.82, 2.24) is 5.32 Å². The van der Waals surface area contributed by atoms with E-state index in [0.717, 1.165) is 42.5 Å². The van der Waals surface area contributed by atoms with Gasteiger partial charge in [0.1, 0.15) is 5.75 Å². The van der Waals surface area contributed by atoms with Crippen molar-refractivity contribution in [3.63, 3.8) is 0 Å². The lowest BCUT2D eigenvalue weighted by Crippen LogP contribution is -2.46. The Labute approximate surface area is 118 Å². The number of benzene rings is 1. The van der Waals surface area contributed by atoms with Gasteiger partial charge in [-0.3, -0.25) is 4.79 Å². The Kier molecular flexibility index (Phi) is 5.54. The number of anilines is 1. The molecule has 4 nitrogen and oxygen atoms in total. The number of ether oxygens (including phenoxy) is 1. The highest BCUT2D eigenvalue weighted by Crippen LogP contribution is 2.17. The van der Waals surface area contributed by atoms with Gasteiger partial charge in [-0.1, -0.05) is 6.92 Å². The summed E-state index contributed by atoms with van der Waals surface area (Å²) in [6.07, 6.45) is 0.990. The monoisotopic (exact) mass is 280 g/mol. The fourth-order valence-electron chi connectivity index (χ4n) is 1.82. The van der Waals surface area contributed by atoms with E-state index < -0.39 is 0 Å². The molecule has 1 fully saturated rings. The van der Waals surface area contributed by atoms with Gasteiger partial charge in [-0.25, -0.2) is 0 Å². The van der Waals surface area contributed by atoms with Crippen molar-refractivity contribution in [3.05, 3.63) is 24.3 Å². The first-order chi connectivity index (χ1) is 9.29. The minimum Gasteiger partial charge on any atom is -0.494 e. The highest BCUT2D eigenvalue weighted by Gasteiger charge is 2.20. The molecule has 1 unspecified atom stereocenters. The Morgan fingerprint density at radius 1 is 1.47 bits per heavy atom. The number of rotatable bonds is 5. The first kappa shape index (κ1) is 14.2. The van der Waals surface area contributed by atoms with E-state index in [4.69, 9.17) is 4.74 Å². The van der Waals surface area contributed by atoms with Crippen LogP contribution in [0, 0.1) is 0 Å². The maximum absolute atomic E-state index is 12.0. The van der Waals surface area contributed by atoms with E-state index >= 15 is 0 Å². The van der Waals surface area contributed by atoms with E-state index in [0.29, 0.717) is 0 Å². The van der Waals surface area contributed by atoms with Crippen LogP contribution in [0.1, 0.15) is 13.3 Å². The predicted octanol–water partition coefficient (Wildman–Crippen LogP) is 2.12. The zero-order chi connectivity index (χ0) is 13.5. The van der Waals surface area contributed by atoms with Crippen LogP contribution in [0.4, 0.5) is 5.69 Å². The fraction of sp³-hybridized carbons (Fsp3) is 0.500. The number of amides is 1. The molecule has 5 heteroatoms. The van der Waals surface area contributed by atoms with Gasteiger partial charge in [-0.05, 0) is 30.7 Å². The van der Waals surface area contributed by atoms with Crippen molar-refractivity contribution < 1.29 is 9.53 Å².